The van der Waals surface area contributed by atoms with Crippen molar-refractivity contribution >= 4 is 52.6 Å². The van der Waals surface area contributed by atoms with Gasteiger partial charge in [0.15, 0.2) is 5.13 Å². The minimum atomic E-state index is -4.55. The Balaban J connectivity index is 1.14. The van der Waals surface area contributed by atoms with Crippen molar-refractivity contribution in [1.29, 1.82) is 0 Å². The Morgan fingerprint density at radius 1 is 0.985 bits per heavy atom. The van der Waals surface area contributed by atoms with E-state index in [1.54, 1.807) is 13.2 Å². The lowest BCUT2D eigenvalue weighted by Crippen LogP contribution is -2.55. The zero-order valence-electron chi connectivity index (χ0n) is 37.4. The zero-order valence-corrected chi connectivity index (χ0v) is 39.1. The van der Waals surface area contributed by atoms with Crippen LogP contribution >= 0.6 is 18.7 Å². The lowest BCUT2D eigenvalue weighted by Gasteiger charge is -2.31. The van der Waals surface area contributed by atoms with Crippen LogP contribution in [0.1, 0.15) is 108 Å². The number of aromatic nitrogens is 2. The van der Waals surface area contributed by atoms with Gasteiger partial charge in [-0.05, 0) is 95.9 Å². The lowest BCUT2D eigenvalue weighted by atomic mass is 10.0. The molecule has 0 radical (unpaired) electrons. The summed E-state index contributed by atoms with van der Waals surface area (Å²) >= 11 is 1.45. The van der Waals surface area contributed by atoms with E-state index in [0.717, 1.165) is 67.8 Å². The number of hydrogen-bond acceptors (Lipinski definition) is 11. The third kappa shape index (κ3) is 10.1. The molecule has 0 bridgehead atoms. The van der Waals surface area contributed by atoms with Gasteiger partial charge in [0.05, 0.1) is 31.0 Å². The number of halogens is 2. The highest BCUT2D eigenvalue weighted by molar-refractivity contribution is 7.59. The van der Waals surface area contributed by atoms with Crippen LogP contribution in [0.2, 0.25) is 0 Å². The number of ether oxygens (including phenoxy) is 3. The van der Waals surface area contributed by atoms with Gasteiger partial charge in [0.1, 0.15) is 58.4 Å². The number of methoxy groups -OCH3 is 1. The number of aryl methyl sites for hydroxylation is 1. The molecule has 8 rings (SSSR count). The topological polar surface area (TPSA) is 181 Å². The van der Waals surface area contributed by atoms with Gasteiger partial charge in [-0.3, -0.25) is 14.2 Å². The summed E-state index contributed by atoms with van der Waals surface area (Å²) in [5, 5.41) is 10.7. The summed E-state index contributed by atoms with van der Waals surface area (Å²) in [6.45, 7) is 5.89. The summed E-state index contributed by atoms with van der Waals surface area (Å²) in [7, 11) is -2.96. The first kappa shape index (κ1) is 46.7. The molecule has 1 unspecified atom stereocenters. The highest BCUT2D eigenvalue weighted by atomic mass is 32.1. The molecule has 4 fully saturated rings. The Kier molecular flexibility index (Phi) is 14.0. The molecule has 6 atom stereocenters. The van der Waals surface area contributed by atoms with E-state index in [1.807, 2.05) is 38.3 Å². The first-order valence-electron chi connectivity index (χ1n) is 22.9. The molecule has 2 aliphatic heterocycles. The molecule has 4 heterocycles. The van der Waals surface area contributed by atoms with Crippen LogP contribution in [0.4, 0.5) is 18.7 Å². The average Bonchev–Trinajstić information content (AvgIpc) is 3.68. The third-order valence-electron chi connectivity index (χ3n) is 13.4. The summed E-state index contributed by atoms with van der Waals surface area (Å²) in [5.41, 5.74) is 2.02. The highest BCUT2D eigenvalue weighted by Gasteiger charge is 2.66. The summed E-state index contributed by atoms with van der Waals surface area (Å²) in [6, 6.07) is 6.65. The Labute approximate surface area is 382 Å². The largest absolute Gasteiger partial charge is 0.496 e. The molecule has 0 spiro atoms. The van der Waals surface area contributed by atoms with Gasteiger partial charge in [0.2, 0.25) is 19.2 Å². The van der Waals surface area contributed by atoms with Gasteiger partial charge in [-0.1, -0.05) is 38.2 Å². The summed E-state index contributed by atoms with van der Waals surface area (Å²) in [5.74, 6) is -2.46. The molecule has 2 aliphatic carbocycles. The number of anilines is 1. The summed E-state index contributed by atoms with van der Waals surface area (Å²) in [6.07, 6.45) is 5.56. The van der Waals surface area contributed by atoms with Crippen LogP contribution in [0.5, 0.6) is 11.5 Å². The first-order valence-corrected chi connectivity index (χ1v) is 25.6. The number of rotatable bonds is 11. The molecule has 4 N–H and O–H groups in total. The molecule has 350 valence electrons. The smallest absolute Gasteiger partial charge is 0.408 e. The second-order valence-corrected chi connectivity index (χ2v) is 21.7. The fourth-order valence-electron chi connectivity index (χ4n) is 9.81. The van der Waals surface area contributed by atoms with Crippen LogP contribution in [0.3, 0.4) is 0 Å². The van der Waals surface area contributed by atoms with Crippen molar-refractivity contribution in [3.63, 3.8) is 0 Å². The van der Waals surface area contributed by atoms with Crippen molar-refractivity contribution in [3.05, 3.63) is 64.5 Å². The van der Waals surface area contributed by atoms with Gasteiger partial charge < -0.3 is 40.0 Å². The Morgan fingerprint density at radius 2 is 1.69 bits per heavy atom. The minimum absolute atomic E-state index is 0.0112. The number of benzene rings is 2. The molecule has 3 amide bonds. The molecule has 18 heteroatoms. The van der Waals surface area contributed by atoms with E-state index < -0.39 is 78.0 Å². The van der Waals surface area contributed by atoms with E-state index in [2.05, 4.69) is 16.0 Å². The highest BCUT2D eigenvalue weighted by Crippen LogP contribution is 2.71. The summed E-state index contributed by atoms with van der Waals surface area (Å²) in [4.78, 5) is 66.2. The molecule has 14 nitrogen and oxygen atoms in total. The maximum Gasteiger partial charge on any atom is 0.408 e. The minimum Gasteiger partial charge on any atom is -0.496 e. The Bertz CT molecular complexity index is 2450. The molecule has 2 saturated heterocycles. The normalized spacial score (nSPS) is 25.2. The monoisotopic (exact) mass is 936 g/mol. The number of carbonyl (C=O) groups excluding carboxylic acids is 3. The quantitative estimate of drug-likeness (QED) is 0.105. The standard InChI is InChI=1S/C47H59F2N6O8PS/c1-27(2)50-45-52-38(26-65-45)37-22-41(32-19-20-40(61-4)28(3)42(32)51-37)62-31-21-39-43(56)54-47(64(59,60)25-33-34(48)16-12-17-35(33)49)23-29(47)13-8-6-5-7-9-18-36(44(57)55(39)24-31)53-46(58)63-30-14-10-11-15-30/h12,16-17,19-20,22,26-27,29-31,36,39H,5-11,13-15,18,21,23-25H2,1-4H3,(H,50,52)(H,53,58)(H,54,56)(H,59,60)/t29-,31+,36-,39-,47-/m0/s1. The zero-order chi connectivity index (χ0) is 46.0. The van der Waals surface area contributed by atoms with Crippen LogP contribution in [0.15, 0.2) is 41.8 Å². The maximum atomic E-state index is 15.0. The van der Waals surface area contributed by atoms with E-state index in [0.29, 0.717) is 59.5 Å². The third-order valence-corrected chi connectivity index (χ3v) is 16.8. The fraction of sp³-hybridized carbons (Fsp3) is 0.553. The van der Waals surface area contributed by atoms with Crippen molar-refractivity contribution in [1.82, 2.24) is 25.5 Å². The lowest BCUT2D eigenvalue weighted by molar-refractivity contribution is -0.140. The fourth-order valence-corrected chi connectivity index (χ4v) is 13.2. The van der Waals surface area contributed by atoms with Crippen LogP contribution in [-0.2, 0) is 25.1 Å². The van der Waals surface area contributed by atoms with Gasteiger partial charge in [-0.15, -0.1) is 11.3 Å². The molecule has 65 heavy (non-hydrogen) atoms. The number of amides is 3. The van der Waals surface area contributed by atoms with E-state index in [-0.39, 0.29) is 31.5 Å². The van der Waals surface area contributed by atoms with E-state index in [4.69, 9.17) is 24.2 Å². The van der Waals surface area contributed by atoms with Gasteiger partial charge in [0, 0.05) is 40.4 Å². The number of hydrogen-bond donors (Lipinski definition) is 4. The van der Waals surface area contributed by atoms with Gasteiger partial charge in [0.25, 0.3) is 0 Å². The first-order chi connectivity index (χ1) is 31.2. The Hall–Kier alpha value is -4.86. The number of nitrogens with zero attached hydrogens (tertiary/aromatic N) is 3. The van der Waals surface area contributed by atoms with Crippen molar-refractivity contribution in [2.45, 2.75) is 146 Å². The number of pyridine rings is 1. The molecule has 4 aliphatic rings. The van der Waals surface area contributed by atoms with Gasteiger partial charge in [-0.25, -0.2) is 23.5 Å². The van der Waals surface area contributed by atoms with Crippen molar-refractivity contribution in [2.75, 3.05) is 19.0 Å². The number of thiazole rings is 1. The van der Waals surface area contributed by atoms with E-state index in [9.17, 15) is 32.6 Å². The van der Waals surface area contributed by atoms with Crippen molar-refractivity contribution < 1.29 is 46.8 Å². The number of alkyl carbamates (subject to hydrolysis) is 1. The van der Waals surface area contributed by atoms with Crippen molar-refractivity contribution in [3.8, 4) is 22.9 Å². The predicted molar refractivity (Wildman–Crippen MR) is 244 cm³/mol. The maximum absolute atomic E-state index is 15.0. The Morgan fingerprint density at radius 3 is 2.42 bits per heavy atom. The number of nitrogens with one attached hydrogen (secondary N) is 3. The van der Waals surface area contributed by atoms with Gasteiger partial charge >= 0.3 is 6.09 Å². The molecule has 2 aromatic carbocycles. The second kappa shape index (κ2) is 19.5. The SMILES string of the molecule is COc1ccc2c(O[C@@H]3C[C@H]4C(=O)N[C@]5(P(=O)(O)Cc6c(F)cccc6F)C[C@@H]5CCCCCCC[C@H](NC(=O)OC5CCCC5)C(=O)N4C3)cc(-c3csc(NC(C)C)n3)nc2c1C. The molecular weight excluding hydrogens is 878 g/mol. The van der Waals surface area contributed by atoms with Crippen LogP contribution < -0.4 is 25.4 Å². The number of carbonyl (C=O) groups is 3. The summed E-state index contributed by atoms with van der Waals surface area (Å²) < 4.78 is 62.7. The molecule has 2 aromatic heterocycles. The van der Waals surface area contributed by atoms with E-state index >= 15 is 0 Å². The molecule has 2 saturated carbocycles. The van der Waals surface area contributed by atoms with E-state index in [1.165, 1.54) is 22.3 Å². The number of fused-ring (bicyclic) bond motifs is 3. The van der Waals surface area contributed by atoms with Crippen molar-refractivity contribution in [2.24, 2.45) is 5.92 Å². The second-order valence-electron chi connectivity index (χ2n) is 18.3. The van der Waals surface area contributed by atoms with Gasteiger partial charge in [-0.2, -0.15) is 0 Å². The van der Waals surface area contributed by atoms with Crippen LogP contribution in [0, 0.1) is 24.5 Å². The molecular formula is C47H59F2N6O8PS. The average molecular weight is 937 g/mol. The predicted octanol–water partition coefficient (Wildman–Crippen LogP) is 9.21. The molecule has 4 aromatic rings. The van der Waals surface area contributed by atoms with Crippen LogP contribution in [0.25, 0.3) is 22.3 Å². The van der Waals surface area contributed by atoms with Crippen LogP contribution in [-0.4, -0.2) is 86.9 Å².